The molecule has 0 spiro atoms. The first-order valence-corrected chi connectivity index (χ1v) is 6.32. The smallest absolute Gasteiger partial charge is 0.242 e. The topological polar surface area (TPSA) is 86.9 Å². The van der Waals surface area contributed by atoms with Gasteiger partial charge in [-0.05, 0) is 13.8 Å². The van der Waals surface area contributed by atoms with Crippen LogP contribution in [0.15, 0.2) is 12.4 Å². The number of amides is 2. The van der Waals surface area contributed by atoms with Crippen molar-refractivity contribution in [3.05, 3.63) is 18.0 Å². The summed E-state index contributed by atoms with van der Waals surface area (Å²) < 4.78 is 0. The molecule has 3 N–H and O–H groups in total. The summed E-state index contributed by atoms with van der Waals surface area (Å²) in [4.78, 5) is 23.7. The van der Waals surface area contributed by atoms with E-state index in [2.05, 4.69) is 20.8 Å². The van der Waals surface area contributed by atoms with Gasteiger partial charge in [-0.25, -0.2) is 0 Å². The molecule has 2 unspecified atom stereocenters. The van der Waals surface area contributed by atoms with Crippen LogP contribution in [0.1, 0.15) is 46.2 Å². The van der Waals surface area contributed by atoms with Gasteiger partial charge in [-0.1, -0.05) is 20.8 Å². The van der Waals surface area contributed by atoms with Gasteiger partial charge in [0.05, 0.1) is 12.2 Å². The van der Waals surface area contributed by atoms with Gasteiger partial charge in [-0.15, -0.1) is 0 Å². The number of aromatic nitrogens is 2. The average molecular weight is 266 g/mol. The van der Waals surface area contributed by atoms with Gasteiger partial charge in [0.25, 0.3) is 0 Å². The lowest BCUT2D eigenvalue weighted by molar-refractivity contribution is -0.133. The van der Waals surface area contributed by atoms with Crippen molar-refractivity contribution < 1.29 is 9.59 Å². The Balaban J connectivity index is 2.52. The fraction of sp³-hybridized carbons (Fsp3) is 0.615. The Hall–Kier alpha value is -1.85. The maximum atomic E-state index is 12.0. The van der Waals surface area contributed by atoms with E-state index in [1.807, 2.05) is 6.92 Å². The number of nitrogens with zero attached hydrogens (tertiary/aromatic N) is 1. The van der Waals surface area contributed by atoms with Gasteiger partial charge in [0.1, 0.15) is 6.04 Å². The third-order valence-corrected chi connectivity index (χ3v) is 2.80. The normalized spacial score (nSPS) is 14.6. The number of carbonyl (C=O) groups excluding carboxylic acids is 2. The molecule has 0 fully saturated rings. The maximum absolute atomic E-state index is 12.0. The summed E-state index contributed by atoms with van der Waals surface area (Å²) in [5, 5.41) is 12.0. The van der Waals surface area contributed by atoms with Crippen LogP contribution in [0.2, 0.25) is 0 Å². The Labute approximate surface area is 113 Å². The highest BCUT2D eigenvalue weighted by atomic mass is 16.2. The van der Waals surface area contributed by atoms with Crippen molar-refractivity contribution in [2.45, 2.75) is 46.7 Å². The van der Waals surface area contributed by atoms with E-state index in [4.69, 9.17) is 0 Å². The van der Waals surface area contributed by atoms with Gasteiger partial charge >= 0.3 is 0 Å². The third kappa shape index (κ3) is 4.39. The Morgan fingerprint density at radius 2 is 1.89 bits per heavy atom. The average Bonchev–Trinajstić information content (AvgIpc) is 2.80. The minimum absolute atomic E-state index is 0.147. The molecule has 1 aromatic rings. The van der Waals surface area contributed by atoms with Crippen LogP contribution in [-0.2, 0) is 9.59 Å². The molecule has 2 atom stereocenters. The molecule has 0 bridgehead atoms. The minimum atomic E-state index is -0.568. The predicted octanol–water partition coefficient (Wildman–Crippen LogP) is 1.14. The molecule has 1 rings (SSSR count). The maximum Gasteiger partial charge on any atom is 0.242 e. The summed E-state index contributed by atoms with van der Waals surface area (Å²) in [5.41, 5.74) is 0.382. The Kier molecular flexibility index (Phi) is 4.69. The first-order valence-electron chi connectivity index (χ1n) is 6.32. The molecule has 0 saturated heterocycles. The first kappa shape index (κ1) is 15.2. The molecule has 6 nitrogen and oxygen atoms in total. The van der Waals surface area contributed by atoms with Crippen LogP contribution in [0, 0.1) is 5.41 Å². The molecule has 19 heavy (non-hydrogen) atoms. The molecular formula is C13H22N4O2. The zero-order valence-electron chi connectivity index (χ0n) is 12.1. The molecule has 6 heteroatoms. The number of hydrogen-bond acceptors (Lipinski definition) is 3. The molecule has 0 aliphatic carbocycles. The lowest BCUT2D eigenvalue weighted by atomic mass is 9.95. The molecule has 1 aromatic heterocycles. The van der Waals surface area contributed by atoms with E-state index in [-0.39, 0.29) is 17.9 Å². The highest BCUT2D eigenvalue weighted by Crippen LogP contribution is 2.13. The van der Waals surface area contributed by atoms with Crippen LogP contribution in [0.5, 0.6) is 0 Å². The summed E-state index contributed by atoms with van der Waals surface area (Å²) in [7, 11) is 0. The number of carbonyl (C=O) groups is 2. The SMILES string of the molecule is CC(NC(=O)C(C)(C)C)C(=O)NC(C)c1cn[nH]c1. The Bertz CT molecular complexity index is 434. The Morgan fingerprint density at radius 3 is 2.37 bits per heavy atom. The number of aromatic amines is 1. The second-order valence-electron chi connectivity index (χ2n) is 5.71. The zero-order chi connectivity index (χ0) is 14.6. The van der Waals surface area contributed by atoms with Crippen molar-refractivity contribution in [3.8, 4) is 0 Å². The summed E-state index contributed by atoms with van der Waals surface area (Å²) in [6, 6.07) is -0.721. The number of hydrogen-bond donors (Lipinski definition) is 3. The molecule has 0 aromatic carbocycles. The monoisotopic (exact) mass is 266 g/mol. The van der Waals surface area contributed by atoms with Crippen LogP contribution in [0.4, 0.5) is 0 Å². The van der Waals surface area contributed by atoms with Crippen LogP contribution >= 0.6 is 0 Å². The predicted molar refractivity (Wildman–Crippen MR) is 72.2 cm³/mol. The summed E-state index contributed by atoms with van der Waals surface area (Å²) in [6.07, 6.45) is 3.38. The molecule has 0 saturated carbocycles. The molecule has 0 aliphatic rings. The van der Waals surface area contributed by atoms with Crippen molar-refractivity contribution in [1.29, 1.82) is 0 Å². The molecule has 106 valence electrons. The molecule has 2 amide bonds. The highest BCUT2D eigenvalue weighted by molar-refractivity contribution is 5.89. The second-order valence-corrected chi connectivity index (χ2v) is 5.71. The summed E-state index contributed by atoms with van der Waals surface area (Å²) >= 11 is 0. The van der Waals surface area contributed by atoms with E-state index in [1.54, 1.807) is 40.1 Å². The fourth-order valence-corrected chi connectivity index (χ4v) is 1.40. The first-order chi connectivity index (χ1) is 8.71. The standard InChI is InChI=1S/C13H22N4O2/c1-8(10-6-14-15-7-10)16-11(18)9(2)17-12(19)13(3,4)5/h6-9H,1-5H3,(H,14,15)(H,16,18)(H,17,19). The van der Waals surface area contributed by atoms with Crippen molar-refractivity contribution >= 4 is 11.8 Å². The van der Waals surface area contributed by atoms with E-state index in [0.29, 0.717) is 0 Å². The lowest BCUT2D eigenvalue weighted by Gasteiger charge is -2.22. The lowest BCUT2D eigenvalue weighted by Crippen LogP contribution is -2.48. The quantitative estimate of drug-likeness (QED) is 0.763. The third-order valence-electron chi connectivity index (χ3n) is 2.80. The van der Waals surface area contributed by atoms with E-state index >= 15 is 0 Å². The van der Waals surface area contributed by atoms with Crippen LogP contribution in [0.3, 0.4) is 0 Å². The molecule has 0 radical (unpaired) electrons. The van der Waals surface area contributed by atoms with Crippen LogP contribution < -0.4 is 10.6 Å². The van der Waals surface area contributed by atoms with Crippen molar-refractivity contribution in [3.63, 3.8) is 0 Å². The summed E-state index contributed by atoms with van der Waals surface area (Å²) in [5.74, 6) is -0.364. The van der Waals surface area contributed by atoms with Gasteiger partial charge < -0.3 is 10.6 Å². The van der Waals surface area contributed by atoms with Crippen LogP contribution in [0.25, 0.3) is 0 Å². The highest BCUT2D eigenvalue weighted by Gasteiger charge is 2.25. The van der Waals surface area contributed by atoms with Crippen molar-refractivity contribution in [2.75, 3.05) is 0 Å². The minimum Gasteiger partial charge on any atom is -0.348 e. The zero-order valence-corrected chi connectivity index (χ0v) is 12.1. The van der Waals surface area contributed by atoms with E-state index < -0.39 is 11.5 Å². The number of H-pyrrole nitrogens is 1. The second kappa shape index (κ2) is 5.86. The number of rotatable bonds is 4. The summed E-state index contributed by atoms with van der Waals surface area (Å²) in [6.45, 7) is 8.95. The molecule has 1 heterocycles. The molecular weight excluding hydrogens is 244 g/mol. The van der Waals surface area contributed by atoms with Gasteiger partial charge in [0.15, 0.2) is 0 Å². The van der Waals surface area contributed by atoms with E-state index in [9.17, 15) is 9.59 Å². The van der Waals surface area contributed by atoms with E-state index in [1.165, 1.54) is 0 Å². The van der Waals surface area contributed by atoms with Gasteiger partial charge in [0, 0.05) is 17.2 Å². The van der Waals surface area contributed by atoms with Gasteiger partial charge in [0.2, 0.25) is 11.8 Å². The van der Waals surface area contributed by atoms with Crippen molar-refractivity contribution in [2.24, 2.45) is 5.41 Å². The van der Waals surface area contributed by atoms with Gasteiger partial charge in [-0.2, -0.15) is 5.10 Å². The van der Waals surface area contributed by atoms with E-state index in [0.717, 1.165) is 5.56 Å². The fourth-order valence-electron chi connectivity index (χ4n) is 1.40. The Morgan fingerprint density at radius 1 is 1.26 bits per heavy atom. The number of nitrogens with one attached hydrogen (secondary N) is 3. The van der Waals surface area contributed by atoms with Gasteiger partial charge in [-0.3, -0.25) is 14.7 Å². The van der Waals surface area contributed by atoms with Crippen LogP contribution in [-0.4, -0.2) is 28.1 Å². The van der Waals surface area contributed by atoms with Crippen molar-refractivity contribution in [1.82, 2.24) is 20.8 Å². The largest absolute Gasteiger partial charge is 0.348 e. The molecule has 0 aliphatic heterocycles.